The number of hydrogen-bond donors (Lipinski definition) is 1. The van der Waals surface area contributed by atoms with E-state index in [1.165, 1.54) is 29.8 Å². The average molecular weight is 538 g/mol. The summed E-state index contributed by atoms with van der Waals surface area (Å²) in [6, 6.07) is 19.1. The van der Waals surface area contributed by atoms with Crippen LogP contribution in [0.15, 0.2) is 71.6 Å². The number of carbonyl (C=O) groups excluding carboxylic acids is 1. The fourth-order valence-corrected chi connectivity index (χ4v) is 6.08. The Bertz CT molecular complexity index is 1290. The van der Waals surface area contributed by atoms with Crippen LogP contribution in [-0.2, 0) is 16.4 Å². The van der Waals surface area contributed by atoms with Gasteiger partial charge in [-0.1, -0.05) is 65.1 Å². The van der Waals surface area contributed by atoms with E-state index in [-0.39, 0.29) is 32.1 Å². The first kappa shape index (κ1) is 24.9. The van der Waals surface area contributed by atoms with Crippen molar-refractivity contribution in [3.8, 4) is 0 Å². The zero-order valence-corrected chi connectivity index (χ0v) is 21.3. The first-order valence-electron chi connectivity index (χ1n) is 10.8. The van der Waals surface area contributed by atoms with Crippen molar-refractivity contribution in [1.29, 1.82) is 0 Å². The van der Waals surface area contributed by atoms with Crippen LogP contribution in [0.25, 0.3) is 0 Å². The Hall–Kier alpha value is -2.25. The Labute approximate surface area is 214 Å². The van der Waals surface area contributed by atoms with Crippen LogP contribution in [0, 0.1) is 5.92 Å². The fraction of sp³-hybridized carbons (Fsp3) is 0.240. The van der Waals surface area contributed by atoms with E-state index in [2.05, 4.69) is 16.9 Å². The molecule has 0 radical (unpaired) electrons. The maximum atomic E-state index is 13.1. The minimum atomic E-state index is -4.11. The van der Waals surface area contributed by atoms with Crippen molar-refractivity contribution in [3.63, 3.8) is 0 Å². The number of nitrogens with one attached hydrogen (secondary N) is 1. The molecule has 178 valence electrons. The summed E-state index contributed by atoms with van der Waals surface area (Å²) in [5, 5.41) is 0.520. The van der Waals surface area contributed by atoms with Crippen molar-refractivity contribution >= 4 is 56.4 Å². The monoisotopic (exact) mass is 536 g/mol. The summed E-state index contributed by atoms with van der Waals surface area (Å²) in [6.07, 6.45) is 2.78. The maximum Gasteiger partial charge on any atom is 0.263 e. The lowest BCUT2D eigenvalue weighted by Gasteiger charge is -2.32. The third kappa shape index (κ3) is 5.87. The predicted octanol–water partition coefficient (Wildman–Crippen LogP) is 6.54. The number of rotatable bonds is 6. The van der Waals surface area contributed by atoms with Gasteiger partial charge >= 0.3 is 0 Å². The highest BCUT2D eigenvalue weighted by atomic mass is 35.5. The Morgan fingerprint density at radius 2 is 1.59 bits per heavy atom. The van der Waals surface area contributed by atoms with Gasteiger partial charge in [-0.15, -0.1) is 0 Å². The first-order valence-corrected chi connectivity index (χ1v) is 13.5. The second kappa shape index (κ2) is 10.6. The highest BCUT2D eigenvalue weighted by molar-refractivity contribution is 7.92. The summed E-state index contributed by atoms with van der Waals surface area (Å²) in [7, 11) is -4.11. The maximum absolute atomic E-state index is 13.1. The predicted molar refractivity (Wildman–Crippen MR) is 137 cm³/mol. The highest BCUT2D eigenvalue weighted by Gasteiger charge is 2.26. The molecule has 0 aliphatic carbocycles. The molecule has 5 nitrogen and oxygen atoms in total. The van der Waals surface area contributed by atoms with E-state index in [0.717, 1.165) is 19.3 Å². The van der Waals surface area contributed by atoms with Crippen molar-refractivity contribution in [1.82, 2.24) is 4.90 Å². The van der Waals surface area contributed by atoms with E-state index < -0.39 is 10.0 Å². The molecular weight excluding hydrogens is 515 g/mol. The number of hydrogen-bond acceptors (Lipinski definition) is 3. The summed E-state index contributed by atoms with van der Waals surface area (Å²) in [4.78, 5) is 14.7. The van der Waals surface area contributed by atoms with Gasteiger partial charge in [0.05, 0.1) is 15.7 Å². The quantitative estimate of drug-likeness (QED) is 0.388. The minimum absolute atomic E-state index is 0.00349. The minimum Gasteiger partial charge on any atom is -0.339 e. The summed E-state index contributed by atoms with van der Waals surface area (Å²) in [6.45, 7) is 1.24. The number of carbonyl (C=O) groups is 1. The molecule has 0 atom stereocenters. The molecule has 1 saturated heterocycles. The van der Waals surface area contributed by atoms with Gasteiger partial charge in [0.1, 0.15) is 4.90 Å². The first-order chi connectivity index (χ1) is 16.2. The molecule has 34 heavy (non-hydrogen) atoms. The van der Waals surface area contributed by atoms with Gasteiger partial charge in [-0.2, -0.15) is 0 Å². The number of sulfonamides is 1. The van der Waals surface area contributed by atoms with Gasteiger partial charge in [0.15, 0.2) is 0 Å². The number of halogens is 3. The summed E-state index contributed by atoms with van der Waals surface area (Å²) < 4.78 is 28.5. The van der Waals surface area contributed by atoms with Crippen molar-refractivity contribution < 1.29 is 13.2 Å². The normalized spacial score (nSPS) is 14.7. The van der Waals surface area contributed by atoms with Crippen LogP contribution in [0.3, 0.4) is 0 Å². The van der Waals surface area contributed by atoms with Crippen molar-refractivity contribution in [2.75, 3.05) is 17.8 Å². The molecule has 4 rings (SSSR count). The lowest BCUT2D eigenvalue weighted by molar-refractivity contribution is 0.0690. The molecule has 1 amide bonds. The van der Waals surface area contributed by atoms with E-state index in [1.54, 1.807) is 17.0 Å². The number of amides is 1. The Kier molecular flexibility index (Phi) is 7.73. The van der Waals surface area contributed by atoms with Crippen molar-refractivity contribution in [3.05, 3.63) is 92.9 Å². The van der Waals surface area contributed by atoms with Crippen LogP contribution in [-0.4, -0.2) is 32.3 Å². The van der Waals surface area contributed by atoms with E-state index in [9.17, 15) is 13.2 Å². The third-order valence-corrected chi connectivity index (χ3v) is 8.32. The highest BCUT2D eigenvalue weighted by Crippen LogP contribution is 2.31. The van der Waals surface area contributed by atoms with Gasteiger partial charge in [-0.05, 0) is 67.1 Å². The average Bonchev–Trinajstić information content (AvgIpc) is 2.82. The van der Waals surface area contributed by atoms with Gasteiger partial charge in [-0.25, -0.2) is 8.42 Å². The van der Waals surface area contributed by atoms with Gasteiger partial charge in [0.2, 0.25) is 0 Å². The topological polar surface area (TPSA) is 66.5 Å². The molecule has 1 N–H and O–H groups in total. The van der Waals surface area contributed by atoms with Gasteiger partial charge in [0, 0.05) is 23.7 Å². The van der Waals surface area contributed by atoms with Gasteiger partial charge < -0.3 is 4.90 Å². The Morgan fingerprint density at radius 1 is 0.912 bits per heavy atom. The Balaban J connectivity index is 1.47. The van der Waals surface area contributed by atoms with Gasteiger partial charge in [-0.3, -0.25) is 9.52 Å². The van der Waals surface area contributed by atoms with Crippen molar-refractivity contribution in [2.24, 2.45) is 5.92 Å². The van der Waals surface area contributed by atoms with Crippen LogP contribution in [0.5, 0.6) is 0 Å². The summed E-state index contributed by atoms with van der Waals surface area (Å²) in [5.41, 5.74) is 1.69. The van der Waals surface area contributed by atoms with E-state index in [1.807, 2.05) is 18.2 Å². The molecule has 1 fully saturated rings. The zero-order chi connectivity index (χ0) is 24.3. The molecule has 1 heterocycles. The third-order valence-electron chi connectivity index (χ3n) is 5.91. The summed E-state index contributed by atoms with van der Waals surface area (Å²) >= 11 is 18.3. The summed E-state index contributed by atoms with van der Waals surface area (Å²) in [5.74, 6) is 0.298. The SMILES string of the molecule is O=C(c1ccc(Cl)c(S(=O)(=O)Nc2cc(Cl)ccc2Cl)c1)N1CCC(Cc2ccccc2)CC1. The van der Waals surface area contributed by atoms with E-state index >= 15 is 0 Å². The van der Waals surface area contributed by atoms with Crippen molar-refractivity contribution in [2.45, 2.75) is 24.2 Å². The smallest absolute Gasteiger partial charge is 0.263 e. The molecule has 9 heteroatoms. The molecular formula is C25H23Cl3N2O3S. The molecule has 1 aliphatic heterocycles. The molecule has 3 aromatic rings. The molecule has 1 aliphatic rings. The molecule has 0 unspecified atom stereocenters. The Morgan fingerprint density at radius 3 is 2.29 bits per heavy atom. The van der Waals surface area contributed by atoms with E-state index in [0.29, 0.717) is 24.0 Å². The molecule has 0 aromatic heterocycles. The molecule has 3 aromatic carbocycles. The molecule has 0 spiro atoms. The van der Waals surface area contributed by atoms with Crippen LogP contribution in [0.2, 0.25) is 15.1 Å². The fourth-order valence-electron chi connectivity index (χ4n) is 4.09. The van der Waals surface area contributed by atoms with E-state index in [4.69, 9.17) is 34.8 Å². The number of anilines is 1. The van der Waals surface area contributed by atoms with Crippen LogP contribution >= 0.6 is 34.8 Å². The van der Waals surface area contributed by atoms with Gasteiger partial charge in [0.25, 0.3) is 15.9 Å². The number of nitrogens with zero attached hydrogens (tertiary/aromatic N) is 1. The molecule has 0 bridgehead atoms. The lowest BCUT2D eigenvalue weighted by Crippen LogP contribution is -2.39. The number of likely N-dealkylation sites (tertiary alicyclic amines) is 1. The van der Waals surface area contributed by atoms with Crippen LogP contribution in [0.4, 0.5) is 5.69 Å². The van der Waals surface area contributed by atoms with Crippen LogP contribution in [0.1, 0.15) is 28.8 Å². The lowest BCUT2D eigenvalue weighted by atomic mass is 9.90. The molecule has 0 saturated carbocycles. The standard InChI is InChI=1S/C25H23Cl3N2O3S/c26-20-7-9-21(27)23(16-20)29-34(32,33)24-15-19(6-8-22(24)28)25(31)30-12-10-18(11-13-30)14-17-4-2-1-3-5-17/h1-9,15-16,18,29H,10-14H2. The van der Waals surface area contributed by atoms with Crippen LogP contribution < -0.4 is 4.72 Å². The second-order valence-electron chi connectivity index (χ2n) is 8.30. The second-order valence-corrected chi connectivity index (χ2v) is 11.2. The number of piperidine rings is 1. The zero-order valence-electron chi connectivity index (χ0n) is 18.2. The largest absolute Gasteiger partial charge is 0.339 e. The number of benzene rings is 3.